The molecule has 0 unspecified atom stereocenters. The van der Waals surface area contributed by atoms with Crippen LogP contribution in [0.1, 0.15) is 0 Å². The highest BCUT2D eigenvalue weighted by Crippen LogP contribution is 2.27. The van der Waals surface area contributed by atoms with Gasteiger partial charge in [-0.05, 0) is 18.2 Å². The molecule has 0 aliphatic carbocycles. The first-order valence-electron chi connectivity index (χ1n) is 5.48. The van der Waals surface area contributed by atoms with Gasteiger partial charge in [0.1, 0.15) is 5.75 Å². The molecule has 0 radical (unpaired) electrons. The van der Waals surface area contributed by atoms with Gasteiger partial charge in [0.15, 0.2) is 11.5 Å². The van der Waals surface area contributed by atoms with E-state index in [-0.39, 0.29) is 5.75 Å². The zero-order chi connectivity index (χ0) is 12.5. The lowest BCUT2D eigenvalue weighted by Gasteiger charge is -2.00. The van der Waals surface area contributed by atoms with Crippen LogP contribution < -0.4 is 4.74 Å². The van der Waals surface area contributed by atoms with E-state index >= 15 is 0 Å². The molecule has 0 aliphatic heterocycles. The van der Waals surface area contributed by atoms with Gasteiger partial charge < -0.3 is 9.84 Å². The SMILES string of the molecule is COc1cccc2nc(-c3ccccc3O)nn12. The summed E-state index contributed by atoms with van der Waals surface area (Å²) in [5.74, 6) is 1.23. The number of hydrogen-bond acceptors (Lipinski definition) is 4. The van der Waals surface area contributed by atoms with E-state index in [0.717, 1.165) is 0 Å². The summed E-state index contributed by atoms with van der Waals surface area (Å²) >= 11 is 0. The zero-order valence-corrected chi connectivity index (χ0v) is 9.74. The summed E-state index contributed by atoms with van der Waals surface area (Å²) in [6, 6.07) is 12.5. The lowest BCUT2D eigenvalue weighted by Crippen LogP contribution is -1.94. The Kier molecular flexibility index (Phi) is 2.37. The van der Waals surface area contributed by atoms with Crippen LogP contribution in [0.25, 0.3) is 17.0 Å². The third-order valence-electron chi connectivity index (χ3n) is 2.68. The third-order valence-corrected chi connectivity index (χ3v) is 2.68. The van der Waals surface area contributed by atoms with Crippen LogP contribution in [0.2, 0.25) is 0 Å². The highest BCUT2D eigenvalue weighted by molar-refractivity contribution is 5.65. The Morgan fingerprint density at radius 3 is 2.72 bits per heavy atom. The maximum Gasteiger partial charge on any atom is 0.216 e. The quantitative estimate of drug-likeness (QED) is 0.746. The van der Waals surface area contributed by atoms with E-state index in [1.165, 1.54) is 0 Å². The van der Waals surface area contributed by atoms with Crippen molar-refractivity contribution >= 4 is 5.65 Å². The molecule has 2 heterocycles. The van der Waals surface area contributed by atoms with Crippen molar-refractivity contribution in [2.45, 2.75) is 0 Å². The highest BCUT2D eigenvalue weighted by atomic mass is 16.5. The first-order valence-corrected chi connectivity index (χ1v) is 5.48. The standard InChI is InChI=1S/C13H11N3O2/c1-18-12-8-4-7-11-14-13(15-16(11)12)9-5-2-3-6-10(9)17/h2-8,17H,1H3. The van der Waals surface area contributed by atoms with Gasteiger partial charge in [0.05, 0.1) is 12.7 Å². The summed E-state index contributed by atoms with van der Waals surface area (Å²) < 4.78 is 6.80. The van der Waals surface area contributed by atoms with E-state index in [1.54, 1.807) is 35.9 Å². The van der Waals surface area contributed by atoms with Gasteiger partial charge in [0.2, 0.25) is 5.88 Å². The molecule has 3 rings (SSSR count). The predicted octanol–water partition coefficient (Wildman–Crippen LogP) is 2.11. The second kappa shape index (κ2) is 4.03. The number of methoxy groups -OCH3 is 1. The molecule has 0 fully saturated rings. The molecule has 0 saturated heterocycles. The minimum Gasteiger partial charge on any atom is -0.507 e. The summed E-state index contributed by atoms with van der Waals surface area (Å²) in [5.41, 5.74) is 1.27. The van der Waals surface area contributed by atoms with Crippen LogP contribution in [-0.2, 0) is 0 Å². The van der Waals surface area contributed by atoms with Gasteiger partial charge in [0.25, 0.3) is 0 Å². The van der Waals surface area contributed by atoms with Crippen LogP contribution in [0, 0.1) is 0 Å². The third kappa shape index (κ3) is 1.57. The number of aromatic nitrogens is 3. The number of benzene rings is 1. The van der Waals surface area contributed by atoms with E-state index in [1.807, 2.05) is 18.2 Å². The maximum atomic E-state index is 9.80. The Hall–Kier alpha value is -2.56. The van der Waals surface area contributed by atoms with Crippen molar-refractivity contribution in [3.8, 4) is 23.0 Å². The fourth-order valence-electron chi connectivity index (χ4n) is 1.81. The summed E-state index contributed by atoms with van der Waals surface area (Å²) in [5, 5.41) is 14.1. The zero-order valence-electron chi connectivity index (χ0n) is 9.74. The van der Waals surface area contributed by atoms with Crippen LogP contribution in [0.4, 0.5) is 0 Å². The van der Waals surface area contributed by atoms with Crippen molar-refractivity contribution in [3.63, 3.8) is 0 Å². The van der Waals surface area contributed by atoms with Gasteiger partial charge in [-0.25, -0.2) is 4.98 Å². The molecular weight excluding hydrogens is 230 g/mol. The number of phenolic OH excluding ortho intramolecular Hbond substituents is 1. The Labute approximate surface area is 103 Å². The van der Waals surface area contributed by atoms with Gasteiger partial charge in [-0.15, -0.1) is 5.10 Å². The Bertz CT molecular complexity index is 706. The number of pyridine rings is 1. The molecule has 90 valence electrons. The topological polar surface area (TPSA) is 59.7 Å². The fourth-order valence-corrected chi connectivity index (χ4v) is 1.81. The molecular formula is C13H11N3O2. The van der Waals surface area contributed by atoms with Gasteiger partial charge in [-0.3, -0.25) is 0 Å². The first-order chi connectivity index (χ1) is 8.79. The number of nitrogens with zero attached hydrogens (tertiary/aromatic N) is 3. The summed E-state index contributed by atoms with van der Waals surface area (Å²) in [6.45, 7) is 0. The molecule has 18 heavy (non-hydrogen) atoms. The van der Waals surface area contributed by atoms with Crippen molar-refractivity contribution in [1.29, 1.82) is 0 Å². The lowest BCUT2D eigenvalue weighted by molar-refractivity contribution is 0.386. The minimum atomic E-state index is 0.160. The molecule has 0 bridgehead atoms. The molecule has 5 nitrogen and oxygen atoms in total. The highest BCUT2D eigenvalue weighted by Gasteiger charge is 2.11. The molecule has 3 aromatic rings. The van der Waals surface area contributed by atoms with Gasteiger partial charge >= 0.3 is 0 Å². The maximum absolute atomic E-state index is 9.80. The van der Waals surface area contributed by atoms with E-state index in [2.05, 4.69) is 10.1 Å². The Balaban J connectivity index is 2.23. The van der Waals surface area contributed by atoms with Gasteiger partial charge in [-0.2, -0.15) is 4.52 Å². The number of fused-ring (bicyclic) bond motifs is 1. The van der Waals surface area contributed by atoms with Crippen LogP contribution in [0.3, 0.4) is 0 Å². The largest absolute Gasteiger partial charge is 0.507 e. The van der Waals surface area contributed by atoms with Crippen molar-refractivity contribution in [2.75, 3.05) is 7.11 Å². The molecule has 5 heteroatoms. The summed E-state index contributed by atoms with van der Waals surface area (Å²) in [4.78, 5) is 4.36. The molecule has 1 N–H and O–H groups in total. The van der Waals surface area contributed by atoms with E-state index in [4.69, 9.17) is 4.74 Å². The number of aromatic hydroxyl groups is 1. The van der Waals surface area contributed by atoms with E-state index in [0.29, 0.717) is 22.9 Å². The smallest absolute Gasteiger partial charge is 0.216 e. The van der Waals surface area contributed by atoms with E-state index in [9.17, 15) is 5.11 Å². The molecule has 2 aromatic heterocycles. The molecule has 0 aliphatic rings. The monoisotopic (exact) mass is 241 g/mol. The molecule has 0 spiro atoms. The van der Waals surface area contributed by atoms with Crippen molar-refractivity contribution < 1.29 is 9.84 Å². The normalized spacial score (nSPS) is 10.7. The van der Waals surface area contributed by atoms with Crippen LogP contribution in [-0.4, -0.2) is 26.8 Å². The first kappa shape index (κ1) is 10.6. The fraction of sp³-hybridized carbons (Fsp3) is 0.0769. The Morgan fingerprint density at radius 2 is 1.94 bits per heavy atom. The predicted molar refractivity (Wildman–Crippen MR) is 66.6 cm³/mol. The number of rotatable bonds is 2. The summed E-state index contributed by atoms with van der Waals surface area (Å²) in [7, 11) is 1.58. The van der Waals surface area contributed by atoms with Crippen LogP contribution >= 0.6 is 0 Å². The minimum absolute atomic E-state index is 0.160. The van der Waals surface area contributed by atoms with Crippen molar-refractivity contribution in [1.82, 2.24) is 14.6 Å². The van der Waals surface area contributed by atoms with Gasteiger partial charge in [0, 0.05) is 6.07 Å². The number of phenols is 1. The second-order valence-electron chi connectivity index (χ2n) is 3.79. The van der Waals surface area contributed by atoms with Crippen LogP contribution in [0.15, 0.2) is 42.5 Å². The molecule has 0 atom stereocenters. The van der Waals surface area contributed by atoms with Crippen molar-refractivity contribution in [3.05, 3.63) is 42.5 Å². The van der Waals surface area contributed by atoms with Crippen LogP contribution in [0.5, 0.6) is 11.6 Å². The Morgan fingerprint density at radius 1 is 1.11 bits per heavy atom. The van der Waals surface area contributed by atoms with E-state index < -0.39 is 0 Å². The van der Waals surface area contributed by atoms with Gasteiger partial charge in [-0.1, -0.05) is 18.2 Å². The number of hydrogen-bond donors (Lipinski definition) is 1. The molecule has 0 amide bonds. The molecule has 0 saturated carbocycles. The lowest BCUT2D eigenvalue weighted by atomic mass is 10.2. The molecule has 1 aromatic carbocycles. The number of para-hydroxylation sites is 1. The average Bonchev–Trinajstić information content (AvgIpc) is 2.82. The van der Waals surface area contributed by atoms with Crippen molar-refractivity contribution in [2.24, 2.45) is 0 Å². The second-order valence-corrected chi connectivity index (χ2v) is 3.79. The summed E-state index contributed by atoms with van der Waals surface area (Å²) in [6.07, 6.45) is 0. The average molecular weight is 241 g/mol. The number of ether oxygens (including phenoxy) is 1.